The Kier molecular flexibility index (Phi) is 2.87. The zero-order valence-electron chi connectivity index (χ0n) is 10.1. The highest BCUT2D eigenvalue weighted by atomic mass is 16.6. The lowest BCUT2D eigenvalue weighted by atomic mass is 10.2. The van der Waals surface area contributed by atoms with E-state index in [-0.39, 0.29) is 25.4 Å². The molecule has 2 aliphatic heterocycles. The second-order valence-corrected chi connectivity index (χ2v) is 4.61. The third-order valence-corrected chi connectivity index (χ3v) is 3.34. The first-order valence-corrected chi connectivity index (χ1v) is 6.02. The van der Waals surface area contributed by atoms with Crippen LogP contribution in [0.1, 0.15) is 5.56 Å². The van der Waals surface area contributed by atoms with Gasteiger partial charge in [-0.2, -0.15) is 0 Å². The molecule has 0 radical (unpaired) electrons. The smallest absolute Gasteiger partial charge is 0.411 e. The van der Waals surface area contributed by atoms with Crippen LogP contribution in [0.2, 0.25) is 0 Å². The first kappa shape index (κ1) is 12.0. The molecule has 100 valence electrons. The molecule has 0 aromatic heterocycles. The number of fused-ring (bicyclic) bond motifs is 1. The van der Waals surface area contributed by atoms with Crippen LogP contribution in [0.5, 0.6) is 0 Å². The lowest BCUT2D eigenvalue weighted by Crippen LogP contribution is -2.45. The molecule has 1 aromatic rings. The summed E-state index contributed by atoms with van der Waals surface area (Å²) < 4.78 is 10.3. The van der Waals surface area contributed by atoms with Crippen LogP contribution in [0.15, 0.2) is 30.3 Å². The van der Waals surface area contributed by atoms with Gasteiger partial charge >= 0.3 is 12.1 Å². The maximum Gasteiger partial charge on any atom is 0.411 e. The van der Waals surface area contributed by atoms with E-state index >= 15 is 0 Å². The highest BCUT2D eigenvalue weighted by Gasteiger charge is 2.59. The van der Waals surface area contributed by atoms with Crippen LogP contribution in [0.4, 0.5) is 4.79 Å². The number of rotatable bonds is 3. The normalized spacial score (nSPS) is 27.8. The van der Waals surface area contributed by atoms with Gasteiger partial charge in [-0.25, -0.2) is 9.59 Å². The first-order valence-electron chi connectivity index (χ1n) is 6.02. The maximum atomic E-state index is 11.9. The van der Waals surface area contributed by atoms with Crippen molar-refractivity contribution in [2.75, 3.05) is 6.54 Å². The number of hydrogen-bond acceptors (Lipinski definition) is 4. The van der Waals surface area contributed by atoms with Gasteiger partial charge in [0, 0.05) is 0 Å². The second-order valence-electron chi connectivity index (χ2n) is 4.61. The Morgan fingerprint density at radius 1 is 1.37 bits per heavy atom. The van der Waals surface area contributed by atoms with Crippen molar-refractivity contribution in [3.05, 3.63) is 35.9 Å². The van der Waals surface area contributed by atoms with E-state index in [2.05, 4.69) is 0 Å². The second kappa shape index (κ2) is 4.55. The lowest BCUT2D eigenvalue weighted by molar-refractivity contribution is -0.143. The summed E-state index contributed by atoms with van der Waals surface area (Å²) >= 11 is 0. The summed E-state index contributed by atoms with van der Waals surface area (Å²) in [6, 6.07) is 8.33. The molecule has 6 heteroatoms. The van der Waals surface area contributed by atoms with Crippen LogP contribution in [0.3, 0.4) is 0 Å². The van der Waals surface area contributed by atoms with E-state index in [1.165, 1.54) is 4.90 Å². The molecule has 3 rings (SSSR count). The standard InChI is InChI=1S/C13H13NO5/c15-12(16)10-11-9(19-11)6-14(10)13(17)18-7-8-4-2-1-3-5-8/h1-5,9-11H,6-7H2,(H,15,16)/t9-,10-,11+/m0/s1/i12+1. The summed E-state index contributed by atoms with van der Waals surface area (Å²) in [7, 11) is 0. The number of amides is 1. The Hall–Kier alpha value is -2.08. The van der Waals surface area contributed by atoms with E-state index in [0.717, 1.165) is 5.56 Å². The van der Waals surface area contributed by atoms with Gasteiger partial charge < -0.3 is 14.6 Å². The van der Waals surface area contributed by atoms with Crippen LogP contribution in [-0.4, -0.2) is 46.9 Å². The first-order chi connectivity index (χ1) is 9.16. The van der Waals surface area contributed by atoms with E-state index in [9.17, 15) is 9.59 Å². The number of carboxylic acids is 1. The minimum atomic E-state index is -1.05. The highest BCUT2D eigenvalue weighted by Crippen LogP contribution is 2.36. The summed E-state index contributed by atoms with van der Waals surface area (Å²) in [5.74, 6) is -1.05. The van der Waals surface area contributed by atoms with Crippen molar-refractivity contribution in [2.24, 2.45) is 0 Å². The summed E-state index contributed by atoms with van der Waals surface area (Å²) in [4.78, 5) is 24.2. The zero-order chi connectivity index (χ0) is 13.4. The van der Waals surface area contributed by atoms with Crippen LogP contribution in [0, 0.1) is 0 Å². The van der Waals surface area contributed by atoms with Gasteiger partial charge in [0.15, 0.2) is 6.04 Å². The zero-order valence-corrected chi connectivity index (χ0v) is 10.1. The summed E-state index contributed by atoms with van der Waals surface area (Å²) in [5, 5.41) is 9.09. The molecule has 1 amide bonds. The largest absolute Gasteiger partial charge is 0.480 e. The van der Waals surface area contributed by atoms with Crippen molar-refractivity contribution < 1.29 is 24.2 Å². The topological polar surface area (TPSA) is 79.4 Å². The Morgan fingerprint density at radius 2 is 2.11 bits per heavy atom. The van der Waals surface area contributed by atoms with E-state index in [1.807, 2.05) is 30.3 Å². The van der Waals surface area contributed by atoms with Crippen LogP contribution >= 0.6 is 0 Å². The molecule has 2 saturated heterocycles. The van der Waals surface area contributed by atoms with Crippen LogP contribution in [0.25, 0.3) is 0 Å². The Morgan fingerprint density at radius 3 is 2.79 bits per heavy atom. The van der Waals surface area contributed by atoms with Gasteiger partial charge in [0.1, 0.15) is 18.8 Å². The van der Waals surface area contributed by atoms with Gasteiger partial charge in [-0.15, -0.1) is 0 Å². The number of likely N-dealkylation sites (tertiary alicyclic amines) is 1. The number of carbonyl (C=O) groups excluding carboxylic acids is 1. The van der Waals surface area contributed by atoms with E-state index < -0.39 is 18.1 Å². The van der Waals surface area contributed by atoms with Gasteiger partial charge in [-0.05, 0) is 5.56 Å². The fourth-order valence-corrected chi connectivity index (χ4v) is 2.33. The molecular formula is C13H13NO5. The summed E-state index contributed by atoms with van der Waals surface area (Å²) in [6.07, 6.45) is -1.13. The van der Waals surface area contributed by atoms with Crippen molar-refractivity contribution in [3.63, 3.8) is 0 Å². The van der Waals surface area contributed by atoms with E-state index in [1.54, 1.807) is 0 Å². The molecule has 2 heterocycles. The molecule has 0 unspecified atom stereocenters. The number of morpholine rings is 1. The van der Waals surface area contributed by atoms with Gasteiger partial charge in [0.05, 0.1) is 6.54 Å². The van der Waals surface area contributed by atoms with Crippen molar-refractivity contribution in [3.8, 4) is 0 Å². The summed E-state index contributed by atoms with van der Waals surface area (Å²) in [5.41, 5.74) is 0.864. The SMILES string of the molecule is O=C(OCc1ccccc1)N1C[C@@H]2O[C@H]2[C@H]1[13C](=O)O. The number of carboxylic acid groups (broad SMARTS) is 1. The van der Waals surface area contributed by atoms with Crippen molar-refractivity contribution in [1.29, 1.82) is 0 Å². The lowest BCUT2D eigenvalue weighted by Gasteiger charge is -2.22. The van der Waals surface area contributed by atoms with E-state index in [4.69, 9.17) is 14.6 Å². The molecule has 2 fully saturated rings. The molecular weight excluding hydrogens is 251 g/mol. The van der Waals surface area contributed by atoms with Crippen LogP contribution in [-0.2, 0) is 20.9 Å². The van der Waals surface area contributed by atoms with Gasteiger partial charge in [0.25, 0.3) is 0 Å². The number of aliphatic carboxylic acids is 1. The maximum absolute atomic E-state index is 11.9. The van der Waals surface area contributed by atoms with Crippen molar-refractivity contribution >= 4 is 12.1 Å². The van der Waals surface area contributed by atoms with Crippen LogP contribution < -0.4 is 0 Å². The minimum absolute atomic E-state index is 0.138. The molecule has 0 bridgehead atoms. The number of benzene rings is 1. The van der Waals surface area contributed by atoms with E-state index in [0.29, 0.717) is 0 Å². The minimum Gasteiger partial charge on any atom is -0.480 e. The Bertz CT molecular complexity index is 503. The quantitative estimate of drug-likeness (QED) is 0.647. The summed E-state index contributed by atoms with van der Waals surface area (Å²) in [6.45, 7) is 0.425. The third-order valence-electron chi connectivity index (χ3n) is 3.34. The number of ether oxygens (including phenoxy) is 2. The fraction of sp³-hybridized carbons (Fsp3) is 0.385. The molecule has 0 aliphatic carbocycles. The van der Waals surface area contributed by atoms with Gasteiger partial charge in [-0.3, -0.25) is 4.90 Å². The number of nitrogens with zero attached hydrogens (tertiary/aromatic N) is 1. The highest BCUT2D eigenvalue weighted by molar-refractivity contribution is 5.82. The average Bonchev–Trinajstić information content (AvgIpc) is 3.07. The van der Waals surface area contributed by atoms with Gasteiger partial charge in [0.2, 0.25) is 0 Å². The molecule has 0 saturated carbocycles. The van der Waals surface area contributed by atoms with Crippen molar-refractivity contribution in [1.82, 2.24) is 4.90 Å². The van der Waals surface area contributed by atoms with Crippen molar-refractivity contribution in [2.45, 2.75) is 24.9 Å². The molecule has 19 heavy (non-hydrogen) atoms. The number of epoxide rings is 1. The van der Waals surface area contributed by atoms with Gasteiger partial charge in [-0.1, -0.05) is 30.3 Å². The number of hydrogen-bond donors (Lipinski definition) is 1. The Labute approximate surface area is 109 Å². The molecule has 1 N–H and O–H groups in total. The number of carbonyl (C=O) groups is 2. The molecule has 0 spiro atoms. The predicted molar refractivity (Wildman–Crippen MR) is 63.4 cm³/mol. The molecule has 6 nitrogen and oxygen atoms in total. The monoisotopic (exact) mass is 264 g/mol. The molecule has 3 atom stereocenters. The molecule has 1 aromatic carbocycles. The third kappa shape index (κ3) is 2.26. The predicted octanol–water partition coefficient (Wildman–Crippen LogP) is 0.859. The Balaban J connectivity index is 1.60. The fourth-order valence-electron chi connectivity index (χ4n) is 2.33. The molecule has 2 aliphatic rings. The average molecular weight is 264 g/mol.